The van der Waals surface area contributed by atoms with Gasteiger partial charge in [0.05, 0.1) is 5.56 Å². The molecule has 1 rings (SSSR count). The fraction of sp³-hybridized carbons (Fsp3) is 0.250. The van der Waals surface area contributed by atoms with E-state index in [9.17, 15) is 14.4 Å². The van der Waals surface area contributed by atoms with Crippen LogP contribution >= 0.6 is 0 Å². The average molecular weight is 250 g/mol. The van der Waals surface area contributed by atoms with Crippen LogP contribution in [0.15, 0.2) is 24.3 Å². The molecule has 1 aromatic rings. The molecular weight excluding hydrogens is 236 g/mol. The molecule has 0 aliphatic heterocycles. The van der Waals surface area contributed by atoms with E-state index in [0.717, 1.165) is 0 Å². The second-order valence-corrected chi connectivity index (χ2v) is 3.79. The first kappa shape index (κ1) is 13.7. The van der Waals surface area contributed by atoms with Gasteiger partial charge >= 0.3 is 5.97 Å². The second-order valence-electron chi connectivity index (χ2n) is 3.79. The van der Waals surface area contributed by atoms with Crippen LogP contribution in [0, 0.1) is 0 Å². The first-order chi connectivity index (χ1) is 8.40. The van der Waals surface area contributed by atoms with Crippen molar-refractivity contribution in [3.63, 3.8) is 0 Å². The molecule has 6 heteroatoms. The van der Waals surface area contributed by atoms with Gasteiger partial charge in [0.2, 0.25) is 11.8 Å². The van der Waals surface area contributed by atoms with Crippen molar-refractivity contribution in [1.82, 2.24) is 5.32 Å². The largest absolute Gasteiger partial charge is 0.478 e. The van der Waals surface area contributed by atoms with Gasteiger partial charge in [-0.3, -0.25) is 9.59 Å². The monoisotopic (exact) mass is 250 g/mol. The van der Waals surface area contributed by atoms with Gasteiger partial charge in [0.1, 0.15) is 6.04 Å². The minimum atomic E-state index is -1.03. The quantitative estimate of drug-likeness (QED) is 0.738. The van der Waals surface area contributed by atoms with E-state index in [1.54, 1.807) is 6.92 Å². The van der Waals surface area contributed by atoms with E-state index in [1.807, 2.05) is 0 Å². The summed E-state index contributed by atoms with van der Waals surface area (Å²) in [5.41, 5.74) is 0.616. The number of aromatic carboxylic acids is 1. The van der Waals surface area contributed by atoms with Crippen LogP contribution in [-0.2, 0) is 9.59 Å². The molecule has 0 bridgehead atoms. The van der Waals surface area contributed by atoms with Crippen molar-refractivity contribution in [2.45, 2.75) is 19.9 Å². The number of carbonyl (C=O) groups excluding carboxylic acids is 2. The normalized spacial score (nSPS) is 11.4. The minimum absolute atomic E-state index is 0.142. The number of rotatable bonds is 4. The third-order valence-electron chi connectivity index (χ3n) is 2.21. The zero-order chi connectivity index (χ0) is 13.7. The molecule has 0 aromatic heterocycles. The predicted octanol–water partition coefficient (Wildman–Crippen LogP) is 0.848. The maximum absolute atomic E-state index is 11.6. The van der Waals surface area contributed by atoms with Crippen LogP contribution in [0.2, 0.25) is 0 Å². The molecular formula is C12H14N2O4. The van der Waals surface area contributed by atoms with E-state index in [1.165, 1.54) is 31.2 Å². The molecule has 2 amide bonds. The highest BCUT2D eigenvalue weighted by Crippen LogP contribution is 2.09. The highest BCUT2D eigenvalue weighted by molar-refractivity contribution is 5.97. The predicted molar refractivity (Wildman–Crippen MR) is 65.3 cm³/mol. The molecule has 6 nitrogen and oxygen atoms in total. The molecule has 1 aromatic carbocycles. The van der Waals surface area contributed by atoms with Gasteiger partial charge in [-0.25, -0.2) is 4.79 Å². The Morgan fingerprint density at radius 1 is 1.17 bits per heavy atom. The molecule has 1 unspecified atom stereocenters. The molecule has 18 heavy (non-hydrogen) atoms. The van der Waals surface area contributed by atoms with E-state index in [2.05, 4.69) is 10.6 Å². The lowest BCUT2D eigenvalue weighted by molar-refractivity contribution is -0.124. The fourth-order valence-electron chi connectivity index (χ4n) is 1.32. The smallest absolute Gasteiger partial charge is 0.335 e. The van der Waals surface area contributed by atoms with Gasteiger partial charge in [0, 0.05) is 12.6 Å². The Kier molecular flexibility index (Phi) is 4.42. The number of hydrogen-bond donors (Lipinski definition) is 3. The Bertz CT molecular complexity index is 467. The SMILES string of the molecule is CC(=O)NC(C)C(=O)Nc1ccc(C(=O)O)cc1. The average Bonchev–Trinajstić information content (AvgIpc) is 2.28. The van der Waals surface area contributed by atoms with Crippen LogP contribution in [0.1, 0.15) is 24.2 Å². The fourth-order valence-corrected chi connectivity index (χ4v) is 1.32. The summed E-state index contributed by atoms with van der Waals surface area (Å²) in [6.07, 6.45) is 0. The molecule has 0 aliphatic carbocycles. The molecule has 0 heterocycles. The number of benzene rings is 1. The number of anilines is 1. The van der Waals surface area contributed by atoms with Gasteiger partial charge in [-0.2, -0.15) is 0 Å². The Labute approximate surface area is 104 Å². The number of hydrogen-bond acceptors (Lipinski definition) is 3. The van der Waals surface area contributed by atoms with Crippen LogP contribution in [0.3, 0.4) is 0 Å². The lowest BCUT2D eigenvalue weighted by Gasteiger charge is -2.12. The van der Waals surface area contributed by atoms with Crippen molar-refractivity contribution in [2.24, 2.45) is 0 Å². The molecule has 96 valence electrons. The molecule has 3 N–H and O–H groups in total. The summed E-state index contributed by atoms with van der Waals surface area (Å²) in [5, 5.41) is 13.7. The van der Waals surface area contributed by atoms with Crippen molar-refractivity contribution in [3.8, 4) is 0 Å². The van der Waals surface area contributed by atoms with Crippen molar-refractivity contribution >= 4 is 23.5 Å². The summed E-state index contributed by atoms with van der Waals surface area (Å²) in [4.78, 5) is 33.0. The lowest BCUT2D eigenvalue weighted by atomic mass is 10.2. The van der Waals surface area contributed by atoms with Crippen LogP contribution in [-0.4, -0.2) is 28.9 Å². The molecule has 0 radical (unpaired) electrons. The van der Waals surface area contributed by atoms with E-state index >= 15 is 0 Å². The van der Waals surface area contributed by atoms with Crippen LogP contribution in [0.25, 0.3) is 0 Å². The van der Waals surface area contributed by atoms with Crippen molar-refractivity contribution in [1.29, 1.82) is 0 Å². The summed E-state index contributed by atoms with van der Waals surface area (Å²) in [6.45, 7) is 2.88. The Balaban J connectivity index is 2.64. The van der Waals surface area contributed by atoms with E-state index < -0.39 is 12.0 Å². The van der Waals surface area contributed by atoms with Gasteiger partial charge in [-0.05, 0) is 31.2 Å². The molecule has 0 saturated heterocycles. The highest BCUT2D eigenvalue weighted by Gasteiger charge is 2.13. The summed E-state index contributed by atoms with van der Waals surface area (Å²) >= 11 is 0. The maximum Gasteiger partial charge on any atom is 0.335 e. The van der Waals surface area contributed by atoms with Crippen molar-refractivity contribution in [2.75, 3.05) is 5.32 Å². The summed E-state index contributed by atoms with van der Waals surface area (Å²) in [5.74, 6) is -1.69. The van der Waals surface area contributed by atoms with Gasteiger partial charge in [0.15, 0.2) is 0 Å². The number of carbonyl (C=O) groups is 3. The van der Waals surface area contributed by atoms with E-state index in [4.69, 9.17) is 5.11 Å². The Hall–Kier alpha value is -2.37. The first-order valence-electron chi connectivity index (χ1n) is 5.31. The number of amides is 2. The first-order valence-corrected chi connectivity index (χ1v) is 5.31. The van der Waals surface area contributed by atoms with Gasteiger partial charge in [0.25, 0.3) is 0 Å². The minimum Gasteiger partial charge on any atom is -0.478 e. The summed E-state index contributed by atoms with van der Waals surface area (Å²) in [6, 6.07) is 5.10. The lowest BCUT2D eigenvalue weighted by Crippen LogP contribution is -2.40. The van der Waals surface area contributed by atoms with Gasteiger partial charge in [-0.1, -0.05) is 0 Å². The Morgan fingerprint density at radius 3 is 2.17 bits per heavy atom. The van der Waals surface area contributed by atoms with E-state index in [-0.39, 0.29) is 17.4 Å². The summed E-state index contributed by atoms with van der Waals surface area (Å²) in [7, 11) is 0. The number of nitrogens with one attached hydrogen (secondary N) is 2. The highest BCUT2D eigenvalue weighted by atomic mass is 16.4. The third-order valence-corrected chi connectivity index (χ3v) is 2.21. The topological polar surface area (TPSA) is 95.5 Å². The maximum atomic E-state index is 11.6. The van der Waals surface area contributed by atoms with Crippen LogP contribution in [0.5, 0.6) is 0 Å². The van der Waals surface area contributed by atoms with E-state index in [0.29, 0.717) is 5.69 Å². The van der Waals surface area contributed by atoms with Gasteiger partial charge < -0.3 is 15.7 Å². The summed E-state index contributed by atoms with van der Waals surface area (Å²) < 4.78 is 0. The second kappa shape index (κ2) is 5.81. The molecule has 0 spiro atoms. The van der Waals surface area contributed by atoms with Gasteiger partial charge in [-0.15, -0.1) is 0 Å². The third kappa shape index (κ3) is 3.89. The Morgan fingerprint density at radius 2 is 1.72 bits per heavy atom. The standard InChI is InChI=1S/C12H14N2O4/c1-7(13-8(2)15)11(16)14-10-5-3-9(4-6-10)12(17)18/h3-7H,1-2H3,(H,13,15)(H,14,16)(H,17,18). The zero-order valence-corrected chi connectivity index (χ0v) is 10.1. The van der Waals surface area contributed by atoms with Crippen molar-refractivity contribution in [3.05, 3.63) is 29.8 Å². The number of carboxylic acids is 1. The molecule has 1 atom stereocenters. The zero-order valence-electron chi connectivity index (χ0n) is 10.1. The molecule has 0 aliphatic rings. The molecule has 0 fully saturated rings. The molecule has 0 saturated carbocycles. The number of carboxylic acid groups (broad SMARTS) is 1. The van der Waals surface area contributed by atoms with Crippen LogP contribution < -0.4 is 10.6 Å². The van der Waals surface area contributed by atoms with Crippen molar-refractivity contribution < 1.29 is 19.5 Å². The van der Waals surface area contributed by atoms with Crippen LogP contribution in [0.4, 0.5) is 5.69 Å².